The topological polar surface area (TPSA) is 86.7 Å². The molecule has 0 saturated carbocycles. The van der Waals surface area contributed by atoms with Gasteiger partial charge in [0.15, 0.2) is 6.17 Å². The predicted molar refractivity (Wildman–Crippen MR) is 107 cm³/mol. The number of carbonyl (C=O) groups is 1. The van der Waals surface area contributed by atoms with Gasteiger partial charge in [0.05, 0.1) is 3.79 Å². The third kappa shape index (κ3) is 3.82. The van der Waals surface area contributed by atoms with Gasteiger partial charge in [0, 0.05) is 26.9 Å². The van der Waals surface area contributed by atoms with Gasteiger partial charge in [-0.25, -0.2) is 8.42 Å². The van der Waals surface area contributed by atoms with Crippen molar-refractivity contribution in [3.63, 3.8) is 0 Å². The van der Waals surface area contributed by atoms with E-state index < -0.39 is 26.9 Å². The first-order valence-electron chi connectivity index (χ1n) is 8.30. The molecule has 0 bridgehead atoms. The van der Waals surface area contributed by atoms with E-state index in [9.17, 15) is 18.3 Å². The van der Waals surface area contributed by atoms with Crippen molar-refractivity contribution in [3.8, 4) is 0 Å². The summed E-state index contributed by atoms with van der Waals surface area (Å²) in [6, 6.07) is 10.9. The highest BCUT2D eigenvalue weighted by Crippen LogP contribution is 2.30. The zero-order valence-electron chi connectivity index (χ0n) is 14.9. The second kappa shape index (κ2) is 7.61. The van der Waals surface area contributed by atoms with Crippen LogP contribution in [0.25, 0.3) is 0 Å². The van der Waals surface area contributed by atoms with Gasteiger partial charge in [-0.2, -0.15) is 9.52 Å². The lowest BCUT2D eigenvalue weighted by atomic mass is 10.0. The molecule has 2 N–H and O–H groups in total. The van der Waals surface area contributed by atoms with Gasteiger partial charge >= 0.3 is 6.09 Å². The summed E-state index contributed by atoms with van der Waals surface area (Å²) in [5, 5.41) is 11.7. The van der Waals surface area contributed by atoms with Gasteiger partial charge < -0.3 is 5.11 Å². The average molecular weight is 475 g/mol. The normalized spacial score (nSPS) is 23.0. The molecule has 1 aliphatic heterocycles. The number of nitrogens with zero attached hydrogens (tertiary/aromatic N) is 2. The van der Waals surface area contributed by atoms with Crippen LogP contribution in [0.5, 0.6) is 0 Å². The van der Waals surface area contributed by atoms with Crippen LogP contribution in [-0.4, -0.2) is 56.0 Å². The van der Waals surface area contributed by atoms with Gasteiger partial charge in [0.1, 0.15) is 10.8 Å². The Morgan fingerprint density at radius 1 is 1.26 bits per heavy atom. The molecule has 7 nitrogen and oxygen atoms in total. The fourth-order valence-electron chi connectivity index (χ4n) is 3.49. The number of halogens is 1. The average Bonchev–Trinajstić information content (AvgIpc) is 2.96. The Hall–Kier alpha value is -1.30. The molecule has 2 heterocycles. The molecule has 10 heteroatoms. The van der Waals surface area contributed by atoms with Gasteiger partial charge in [-0.3, -0.25) is 0 Å². The van der Waals surface area contributed by atoms with Crippen LogP contribution >= 0.6 is 27.3 Å². The number of quaternary nitrogens is 1. The summed E-state index contributed by atoms with van der Waals surface area (Å²) in [4.78, 5) is 12.3. The zero-order valence-corrected chi connectivity index (χ0v) is 18.1. The van der Waals surface area contributed by atoms with E-state index in [1.165, 1.54) is 6.07 Å². The molecular weight excluding hydrogens is 454 g/mol. The maximum atomic E-state index is 12.9. The van der Waals surface area contributed by atoms with E-state index in [2.05, 4.69) is 20.7 Å². The lowest BCUT2D eigenvalue weighted by Crippen LogP contribution is -2.71. The fraction of sp³-hybridized carbons (Fsp3) is 0.353. The van der Waals surface area contributed by atoms with Crippen LogP contribution in [0.2, 0.25) is 0 Å². The first-order valence-corrected chi connectivity index (χ1v) is 11.4. The lowest BCUT2D eigenvalue weighted by molar-refractivity contribution is -0.987. The molecule has 2 aromatic rings. The Morgan fingerprint density at radius 3 is 2.48 bits per heavy atom. The summed E-state index contributed by atoms with van der Waals surface area (Å²) in [5.74, 6) is 0. The highest BCUT2D eigenvalue weighted by Gasteiger charge is 2.51. The van der Waals surface area contributed by atoms with Crippen molar-refractivity contribution in [1.82, 2.24) is 9.73 Å². The van der Waals surface area contributed by atoms with Gasteiger partial charge in [-0.15, -0.1) is 20.9 Å². The van der Waals surface area contributed by atoms with Gasteiger partial charge in [-0.1, -0.05) is 24.3 Å². The van der Waals surface area contributed by atoms with Crippen LogP contribution in [0.15, 0.2) is 44.4 Å². The number of fused-ring (bicyclic) bond motifs is 1. The molecule has 2 unspecified atom stereocenters. The van der Waals surface area contributed by atoms with Crippen LogP contribution in [0.1, 0.15) is 11.1 Å². The SMILES string of the molecule is CN(C)[N+]1(C(=O)O)CCc2ccccc2CC1NS(=O)(=O)c1ccc(Br)s1. The summed E-state index contributed by atoms with van der Waals surface area (Å²) in [6.45, 7) is 0.251. The molecule has 3 rings (SSSR count). The molecule has 0 fully saturated rings. The Bertz CT molecular complexity index is 961. The Morgan fingerprint density at radius 2 is 1.93 bits per heavy atom. The number of hydrogen-bond donors (Lipinski definition) is 2. The summed E-state index contributed by atoms with van der Waals surface area (Å²) in [6.07, 6.45) is -1.13. The van der Waals surface area contributed by atoms with Crippen molar-refractivity contribution in [1.29, 1.82) is 0 Å². The minimum absolute atomic E-state index is 0.147. The highest BCUT2D eigenvalue weighted by molar-refractivity contribution is 9.11. The maximum Gasteiger partial charge on any atom is 0.535 e. The lowest BCUT2D eigenvalue weighted by Gasteiger charge is -2.41. The van der Waals surface area contributed by atoms with Crippen LogP contribution < -0.4 is 4.72 Å². The number of hydrogen-bond acceptors (Lipinski definition) is 5. The van der Waals surface area contributed by atoms with E-state index in [0.717, 1.165) is 22.5 Å². The van der Waals surface area contributed by atoms with E-state index in [1.807, 2.05) is 24.3 Å². The maximum absolute atomic E-state index is 12.9. The van der Waals surface area contributed by atoms with E-state index in [1.54, 1.807) is 25.2 Å². The Kier molecular flexibility index (Phi) is 5.76. The van der Waals surface area contributed by atoms with Gasteiger partial charge in [-0.05, 0) is 39.2 Å². The molecule has 0 aliphatic carbocycles. The number of thiophene rings is 1. The zero-order chi connectivity index (χ0) is 19.8. The molecule has 0 saturated heterocycles. The van der Waals surface area contributed by atoms with Crippen LogP contribution in [0, 0.1) is 0 Å². The second-order valence-corrected chi connectivity index (χ2v) is 11.0. The van der Waals surface area contributed by atoms with Crippen molar-refractivity contribution >= 4 is 43.4 Å². The van der Waals surface area contributed by atoms with Gasteiger partial charge in [0.2, 0.25) is 0 Å². The predicted octanol–water partition coefficient (Wildman–Crippen LogP) is 2.89. The third-order valence-electron chi connectivity index (χ3n) is 4.92. The molecule has 1 amide bonds. The number of rotatable bonds is 4. The summed E-state index contributed by atoms with van der Waals surface area (Å²) >= 11 is 4.36. The van der Waals surface area contributed by atoms with Crippen molar-refractivity contribution in [2.75, 3.05) is 20.6 Å². The van der Waals surface area contributed by atoms with Crippen LogP contribution in [0.4, 0.5) is 4.79 Å². The largest absolute Gasteiger partial charge is 0.535 e. The van der Waals surface area contributed by atoms with Crippen LogP contribution in [-0.2, 0) is 22.9 Å². The number of nitrogens with one attached hydrogen (secondary N) is 1. The molecular formula is C17H21BrN3O4S2+. The molecule has 1 aromatic heterocycles. The number of benzene rings is 1. The summed E-state index contributed by atoms with van der Waals surface area (Å²) < 4.78 is 28.9. The molecule has 0 spiro atoms. The van der Waals surface area contributed by atoms with E-state index >= 15 is 0 Å². The number of amides is 1. The minimum atomic E-state index is -3.86. The quantitative estimate of drug-likeness (QED) is 0.665. The van der Waals surface area contributed by atoms with Crippen LogP contribution in [0.3, 0.4) is 0 Å². The first kappa shape index (κ1) is 20.4. The van der Waals surface area contributed by atoms with E-state index in [4.69, 9.17) is 0 Å². The highest BCUT2D eigenvalue weighted by atomic mass is 79.9. The molecule has 2 atom stereocenters. The Labute approximate surface area is 171 Å². The summed E-state index contributed by atoms with van der Waals surface area (Å²) in [5.41, 5.74) is 2.00. The number of sulfonamides is 1. The molecule has 27 heavy (non-hydrogen) atoms. The smallest absolute Gasteiger partial charge is 0.434 e. The Balaban J connectivity index is 2.07. The van der Waals surface area contributed by atoms with E-state index in [-0.39, 0.29) is 17.2 Å². The third-order valence-corrected chi connectivity index (χ3v) is 8.49. The molecule has 146 valence electrons. The first-order chi connectivity index (χ1) is 12.7. The molecule has 1 aliphatic rings. The second-order valence-electron chi connectivity index (χ2n) is 6.60. The van der Waals surface area contributed by atoms with Crippen molar-refractivity contribution in [3.05, 3.63) is 51.3 Å². The van der Waals surface area contributed by atoms with E-state index in [0.29, 0.717) is 10.2 Å². The number of carboxylic acid groups (broad SMARTS) is 1. The van der Waals surface area contributed by atoms with Crippen molar-refractivity contribution in [2.45, 2.75) is 23.2 Å². The standard InChI is InChI=1S/C17H20BrN3O4S2/c1-20(2)21(17(22)23)10-9-12-5-3-4-6-13(12)11-15(21)19-27(24,25)16-8-7-14(18)26-16/h3-8,15,19H,9-11H2,1-2H3/p+1. The molecule has 1 aromatic carbocycles. The fourth-order valence-corrected chi connectivity index (χ4v) is 6.77. The van der Waals surface area contributed by atoms with Crippen molar-refractivity contribution in [2.24, 2.45) is 0 Å². The molecule has 0 radical (unpaired) electrons. The summed E-state index contributed by atoms with van der Waals surface area (Å²) in [7, 11) is -0.543. The monoisotopic (exact) mass is 474 g/mol. The van der Waals surface area contributed by atoms with Gasteiger partial charge in [0.25, 0.3) is 10.0 Å². The van der Waals surface area contributed by atoms with Crippen molar-refractivity contribution < 1.29 is 22.9 Å². The minimum Gasteiger partial charge on any atom is -0.434 e.